The van der Waals surface area contributed by atoms with E-state index in [0.717, 1.165) is 17.0 Å². The minimum Gasteiger partial charge on any atom is -0.478 e. The van der Waals surface area contributed by atoms with Gasteiger partial charge in [0.25, 0.3) is 11.8 Å². The van der Waals surface area contributed by atoms with Gasteiger partial charge < -0.3 is 28.6 Å². The molecule has 0 aliphatic carbocycles. The standard InChI is InChI=1S/C26H28N4O6/c1-17-27-22-23(25(36-15-13-34-3)29-28-24(22)35-14-12-33-2)30(17)16-18-8-10-19(11-9-18)20-6-4-5-7-21(20)26(31)32/h4-11H,12-16H2,1-3H3,(H,31,32). The van der Waals surface area contributed by atoms with Gasteiger partial charge >= 0.3 is 5.97 Å². The van der Waals surface area contributed by atoms with Crippen molar-refractivity contribution in [3.63, 3.8) is 0 Å². The van der Waals surface area contributed by atoms with Crippen molar-refractivity contribution >= 4 is 17.0 Å². The summed E-state index contributed by atoms with van der Waals surface area (Å²) >= 11 is 0. The van der Waals surface area contributed by atoms with Gasteiger partial charge in [0.05, 0.1) is 18.8 Å². The molecule has 4 rings (SSSR count). The normalized spacial score (nSPS) is 11.1. The molecule has 10 nitrogen and oxygen atoms in total. The Morgan fingerprint density at radius 3 is 2.19 bits per heavy atom. The van der Waals surface area contributed by atoms with E-state index >= 15 is 0 Å². The molecule has 188 valence electrons. The van der Waals surface area contributed by atoms with E-state index in [2.05, 4.69) is 10.2 Å². The van der Waals surface area contributed by atoms with Crippen LogP contribution in [0.3, 0.4) is 0 Å². The molecule has 2 aromatic carbocycles. The van der Waals surface area contributed by atoms with Gasteiger partial charge in [0.15, 0.2) is 5.52 Å². The molecule has 0 atom stereocenters. The lowest BCUT2D eigenvalue weighted by Crippen LogP contribution is -2.11. The maximum atomic E-state index is 11.6. The van der Waals surface area contributed by atoms with E-state index in [0.29, 0.717) is 61.3 Å². The average molecular weight is 493 g/mol. The monoisotopic (exact) mass is 492 g/mol. The summed E-state index contributed by atoms with van der Waals surface area (Å²) in [6.07, 6.45) is 0. The lowest BCUT2D eigenvalue weighted by molar-refractivity contribution is 0.0697. The minimum atomic E-state index is -0.958. The van der Waals surface area contributed by atoms with Crippen molar-refractivity contribution in [2.45, 2.75) is 13.5 Å². The van der Waals surface area contributed by atoms with Crippen molar-refractivity contribution in [2.24, 2.45) is 0 Å². The SMILES string of the molecule is COCCOc1nnc(OCCOC)c2c1nc(C)n2Cc1ccc(-c2ccccc2C(=O)O)cc1. The predicted molar refractivity (Wildman–Crippen MR) is 133 cm³/mol. The van der Waals surface area contributed by atoms with E-state index in [1.807, 2.05) is 41.8 Å². The molecule has 0 bridgehead atoms. The fourth-order valence-corrected chi connectivity index (χ4v) is 3.84. The summed E-state index contributed by atoms with van der Waals surface area (Å²) in [5.41, 5.74) is 3.98. The largest absolute Gasteiger partial charge is 0.478 e. The van der Waals surface area contributed by atoms with Crippen LogP contribution >= 0.6 is 0 Å². The molecule has 0 saturated heterocycles. The van der Waals surface area contributed by atoms with E-state index < -0.39 is 5.97 Å². The number of aromatic nitrogens is 4. The van der Waals surface area contributed by atoms with Crippen molar-refractivity contribution in [2.75, 3.05) is 40.6 Å². The fraction of sp³-hybridized carbons (Fsp3) is 0.308. The molecule has 2 aromatic heterocycles. The van der Waals surface area contributed by atoms with Crippen molar-refractivity contribution in [3.05, 3.63) is 65.5 Å². The molecule has 4 aromatic rings. The molecule has 0 amide bonds. The lowest BCUT2D eigenvalue weighted by atomic mass is 9.99. The summed E-state index contributed by atoms with van der Waals surface area (Å²) in [7, 11) is 3.20. The lowest BCUT2D eigenvalue weighted by Gasteiger charge is -2.12. The van der Waals surface area contributed by atoms with Gasteiger partial charge in [-0.15, -0.1) is 10.2 Å². The van der Waals surface area contributed by atoms with Crippen LogP contribution in [-0.4, -0.2) is 71.5 Å². The summed E-state index contributed by atoms with van der Waals surface area (Å²) in [6, 6.07) is 14.7. The molecule has 0 aliphatic rings. The molecule has 0 aliphatic heterocycles. The molecule has 10 heteroatoms. The van der Waals surface area contributed by atoms with E-state index in [9.17, 15) is 9.90 Å². The van der Waals surface area contributed by atoms with Crippen molar-refractivity contribution < 1.29 is 28.8 Å². The summed E-state index contributed by atoms with van der Waals surface area (Å²) in [4.78, 5) is 16.3. The number of rotatable bonds is 12. The van der Waals surface area contributed by atoms with Crippen LogP contribution in [0.4, 0.5) is 0 Å². The summed E-state index contributed by atoms with van der Waals surface area (Å²) in [5, 5.41) is 17.9. The number of carbonyl (C=O) groups is 1. The highest BCUT2D eigenvalue weighted by atomic mass is 16.5. The number of fused-ring (bicyclic) bond motifs is 1. The van der Waals surface area contributed by atoms with Crippen LogP contribution in [0, 0.1) is 6.92 Å². The van der Waals surface area contributed by atoms with Gasteiger partial charge in [-0.1, -0.05) is 42.5 Å². The van der Waals surface area contributed by atoms with Gasteiger partial charge in [0.1, 0.15) is 24.6 Å². The molecular formula is C26H28N4O6. The third kappa shape index (κ3) is 5.45. The number of hydrogen-bond acceptors (Lipinski definition) is 8. The molecular weight excluding hydrogens is 464 g/mol. The van der Waals surface area contributed by atoms with Crippen molar-refractivity contribution in [1.82, 2.24) is 19.7 Å². The Bertz CT molecular complexity index is 1340. The number of aryl methyl sites for hydroxylation is 1. The molecule has 36 heavy (non-hydrogen) atoms. The highest BCUT2D eigenvalue weighted by molar-refractivity contribution is 5.96. The van der Waals surface area contributed by atoms with Crippen LogP contribution in [0.5, 0.6) is 11.8 Å². The van der Waals surface area contributed by atoms with Crippen LogP contribution in [-0.2, 0) is 16.0 Å². The summed E-state index contributed by atoms with van der Waals surface area (Å²) < 4.78 is 23.8. The zero-order valence-corrected chi connectivity index (χ0v) is 20.4. The number of imidazole rings is 1. The van der Waals surface area contributed by atoms with Gasteiger partial charge in [-0.2, -0.15) is 0 Å². The number of carboxylic acids is 1. The summed E-state index contributed by atoms with van der Waals surface area (Å²) in [6.45, 7) is 3.83. The number of aromatic carboxylic acids is 1. The Morgan fingerprint density at radius 1 is 0.889 bits per heavy atom. The Hall–Kier alpha value is -4.02. The highest BCUT2D eigenvalue weighted by Crippen LogP contribution is 2.31. The van der Waals surface area contributed by atoms with Crippen LogP contribution in [0.15, 0.2) is 48.5 Å². The van der Waals surface area contributed by atoms with Gasteiger partial charge in [-0.25, -0.2) is 9.78 Å². The number of ether oxygens (including phenoxy) is 4. The second-order valence-electron chi connectivity index (χ2n) is 7.98. The second-order valence-corrected chi connectivity index (χ2v) is 7.98. The van der Waals surface area contributed by atoms with Crippen LogP contribution in [0.2, 0.25) is 0 Å². The van der Waals surface area contributed by atoms with E-state index in [1.54, 1.807) is 32.4 Å². The van der Waals surface area contributed by atoms with Gasteiger partial charge in [0, 0.05) is 20.8 Å². The van der Waals surface area contributed by atoms with Gasteiger partial charge in [-0.05, 0) is 29.7 Å². The third-order valence-electron chi connectivity index (χ3n) is 5.61. The van der Waals surface area contributed by atoms with Crippen LogP contribution < -0.4 is 9.47 Å². The van der Waals surface area contributed by atoms with E-state index in [1.165, 1.54) is 0 Å². The van der Waals surface area contributed by atoms with E-state index in [-0.39, 0.29) is 5.56 Å². The fourth-order valence-electron chi connectivity index (χ4n) is 3.84. The zero-order chi connectivity index (χ0) is 25.5. The Balaban J connectivity index is 1.68. The first-order valence-electron chi connectivity index (χ1n) is 11.4. The molecule has 0 radical (unpaired) electrons. The first kappa shape index (κ1) is 25.1. The topological polar surface area (TPSA) is 118 Å². The van der Waals surface area contributed by atoms with Crippen molar-refractivity contribution in [1.29, 1.82) is 0 Å². The predicted octanol–water partition coefficient (Wildman–Crippen LogP) is 3.60. The number of hydrogen-bond donors (Lipinski definition) is 1. The average Bonchev–Trinajstić information content (AvgIpc) is 3.22. The quantitative estimate of drug-likeness (QED) is 0.296. The molecule has 0 spiro atoms. The zero-order valence-electron chi connectivity index (χ0n) is 20.4. The Morgan fingerprint density at radius 2 is 1.53 bits per heavy atom. The maximum absolute atomic E-state index is 11.6. The van der Waals surface area contributed by atoms with Crippen LogP contribution in [0.1, 0.15) is 21.7 Å². The Kier molecular flexibility index (Phi) is 8.09. The maximum Gasteiger partial charge on any atom is 0.336 e. The molecule has 0 saturated carbocycles. The first-order valence-corrected chi connectivity index (χ1v) is 11.4. The first-order chi connectivity index (χ1) is 17.5. The number of methoxy groups -OCH3 is 2. The third-order valence-corrected chi connectivity index (χ3v) is 5.61. The van der Waals surface area contributed by atoms with Crippen molar-refractivity contribution in [3.8, 4) is 22.9 Å². The minimum absolute atomic E-state index is 0.263. The second kappa shape index (κ2) is 11.6. The molecule has 1 N–H and O–H groups in total. The van der Waals surface area contributed by atoms with E-state index in [4.69, 9.17) is 23.9 Å². The number of carboxylic acid groups (broad SMARTS) is 1. The molecule has 0 unspecified atom stereocenters. The molecule has 2 heterocycles. The highest BCUT2D eigenvalue weighted by Gasteiger charge is 2.21. The van der Waals surface area contributed by atoms with Gasteiger partial charge in [0.2, 0.25) is 0 Å². The number of benzene rings is 2. The molecule has 0 fully saturated rings. The number of nitrogens with zero attached hydrogens (tertiary/aromatic N) is 4. The van der Waals surface area contributed by atoms with Gasteiger partial charge in [-0.3, -0.25) is 0 Å². The summed E-state index contributed by atoms with van der Waals surface area (Å²) in [5.74, 6) is 0.437. The Labute approximate surface area is 208 Å². The van der Waals surface area contributed by atoms with Crippen LogP contribution in [0.25, 0.3) is 22.2 Å². The smallest absolute Gasteiger partial charge is 0.336 e.